The standard InChI is InChI=1S/C18H20N4O2S/c1-10-4-6-11(7-5-10)22-16(23)14-12-8-18(2,3)24-9-13(12)25-15(14)20-17(22)21-19/h4-7H,8-9,19H2,1-3H3,(H,20,21). The van der Waals surface area contributed by atoms with Crippen LogP contribution in [0, 0.1) is 6.92 Å². The molecule has 25 heavy (non-hydrogen) atoms. The highest BCUT2D eigenvalue weighted by atomic mass is 32.1. The first kappa shape index (κ1) is 16.3. The molecule has 130 valence electrons. The van der Waals surface area contributed by atoms with Crippen LogP contribution in [0.2, 0.25) is 0 Å². The summed E-state index contributed by atoms with van der Waals surface area (Å²) < 4.78 is 7.42. The number of hydrazine groups is 1. The number of rotatable bonds is 2. The average molecular weight is 356 g/mol. The van der Waals surface area contributed by atoms with E-state index in [9.17, 15) is 4.79 Å². The fourth-order valence-electron chi connectivity index (χ4n) is 3.22. The fraction of sp³-hybridized carbons (Fsp3) is 0.333. The van der Waals surface area contributed by atoms with Crippen molar-refractivity contribution in [1.29, 1.82) is 0 Å². The van der Waals surface area contributed by atoms with Crippen LogP contribution in [-0.4, -0.2) is 15.2 Å². The minimum absolute atomic E-state index is 0.1000. The van der Waals surface area contributed by atoms with Crippen LogP contribution in [-0.2, 0) is 17.8 Å². The first-order valence-corrected chi connectivity index (χ1v) is 8.96. The van der Waals surface area contributed by atoms with Crippen LogP contribution in [0.5, 0.6) is 0 Å². The molecular weight excluding hydrogens is 336 g/mol. The summed E-state index contributed by atoms with van der Waals surface area (Å²) in [5, 5.41) is 0.677. The summed E-state index contributed by atoms with van der Waals surface area (Å²) in [5.41, 5.74) is 5.10. The number of hydrogen-bond donors (Lipinski definition) is 2. The molecule has 0 radical (unpaired) electrons. The molecule has 0 atom stereocenters. The van der Waals surface area contributed by atoms with Gasteiger partial charge in [0.25, 0.3) is 5.56 Å². The predicted molar refractivity (Wildman–Crippen MR) is 100 cm³/mol. The monoisotopic (exact) mass is 356 g/mol. The van der Waals surface area contributed by atoms with Crippen molar-refractivity contribution in [2.24, 2.45) is 5.84 Å². The zero-order chi connectivity index (χ0) is 17.8. The van der Waals surface area contributed by atoms with Gasteiger partial charge >= 0.3 is 0 Å². The minimum Gasteiger partial charge on any atom is -0.370 e. The van der Waals surface area contributed by atoms with Gasteiger partial charge in [0.2, 0.25) is 5.95 Å². The number of nitrogens with one attached hydrogen (secondary N) is 1. The van der Waals surface area contributed by atoms with E-state index < -0.39 is 0 Å². The van der Waals surface area contributed by atoms with E-state index in [1.54, 1.807) is 0 Å². The lowest BCUT2D eigenvalue weighted by Gasteiger charge is -2.29. The largest absolute Gasteiger partial charge is 0.370 e. The van der Waals surface area contributed by atoms with Gasteiger partial charge in [0.05, 0.1) is 23.3 Å². The number of thiophene rings is 1. The van der Waals surface area contributed by atoms with Crippen LogP contribution >= 0.6 is 11.3 Å². The first-order chi connectivity index (χ1) is 11.9. The molecule has 4 rings (SSSR count). The predicted octanol–water partition coefficient (Wildman–Crippen LogP) is 2.89. The third-order valence-corrected chi connectivity index (χ3v) is 5.63. The number of hydrogen-bond acceptors (Lipinski definition) is 6. The fourth-order valence-corrected chi connectivity index (χ4v) is 4.32. The van der Waals surface area contributed by atoms with Crippen molar-refractivity contribution in [2.45, 2.75) is 39.4 Å². The Morgan fingerprint density at radius 2 is 2.04 bits per heavy atom. The summed E-state index contributed by atoms with van der Waals surface area (Å²) in [7, 11) is 0. The van der Waals surface area contributed by atoms with E-state index in [1.807, 2.05) is 45.0 Å². The SMILES string of the molecule is Cc1ccc(-n2c(NN)nc3sc4c(c3c2=O)CC(C)(C)OC4)cc1. The molecule has 0 amide bonds. The van der Waals surface area contributed by atoms with Gasteiger partial charge in [0, 0.05) is 11.3 Å². The summed E-state index contributed by atoms with van der Waals surface area (Å²) in [6.45, 7) is 6.61. The van der Waals surface area contributed by atoms with Gasteiger partial charge in [-0.15, -0.1) is 11.3 Å². The van der Waals surface area contributed by atoms with Gasteiger partial charge in [-0.2, -0.15) is 0 Å². The highest BCUT2D eigenvalue weighted by Crippen LogP contribution is 2.37. The number of fused-ring (bicyclic) bond motifs is 3. The molecule has 1 aliphatic heterocycles. The molecule has 0 spiro atoms. The molecule has 0 bridgehead atoms. The van der Waals surface area contributed by atoms with Gasteiger partial charge in [-0.1, -0.05) is 17.7 Å². The molecule has 7 heteroatoms. The summed E-state index contributed by atoms with van der Waals surface area (Å²) in [6.07, 6.45) is 0.697. The number of aromatic nitrogens is 2. The Morgan fingerprint density at radius 1 is 1.32 bits per heavy atom. The molecular formula is C18H20N4O2S. The lowest BCUT2D eigenvalue weighted by atomic mass is 9.94. The number of anilines is 1. The van der Waals surface area contributed by atoms with E-state index in [0.717, 1.165) is 21.7 Å². The molecule has 0 unspecified atom stereocenters. The molecule has 0 fully saturated rings. The molecule has 3 N–H and O–H groups in total. The van der Waals surface area contributed by atoms with E-state index in [2.05, 4.69) is 10.4 Å². The van der Waals surface area contributed by atoms with E-state index in [-0.39, 0.29) is 11.2 Å². The Kier molecular flexibility index (Phi) is 3.68. The van der Waals surface area contributed by atoms with Gasteiger partial charge in [0.15, 0.2) is 0 Å². The average Bonchev–Trinajstić information content (AvgIpc) is 2.92. The van der Waals surface area contributed by atoms with Crippen molar-refractivity contribution in [2.75, 3.05) is 5.43 Å². The van der Waals surface area contributed by atoms with E-state index in [0.29, 0.717) is 29.2 Å². The Bertz CT molecular complexity index is 1020. The van der Waals surface area contributed by atoms with Gasteiger partial charge in [0.1, 0.15) is 4.83 Å². The number of benzene rings is 1. The summed E-state index contributed by atoms with van der Waals surface area (Å²) >= 11 is 1.51. The molecule has 0 saturated carbocycles. The van der Waals surface area contributed by atoms with Crippen molar-refractivity contribution >= 4 is 27.5 Å². The summed E-state index contributed by atoms with van der Waals surface area (Å²) in [4.78, 5) is 19.7. The van der Waals surface area contributed by atoms with Crippen molar-refractivity contribution in [3.63, 3.8) is 0 Å². The first-order valence-electron chi connectivity index (χ1n) is 8.14. The van der Waals surface area contributed by atoms with Crippen molar-refractivity contribution < 1.29 is 4.74 Å². The number of ether oxygens (including phenoxy) is 1. The van der Waals surface area contributed by atoms with Crippen LogP contribution in [0.15, 0.2) is 29.1 Å². The highest BCUT2D eigenvalue weighted by molar-refractivity contribution is 7.18. The molecule has 3 aromatic rings. The van der Waals surface area contributed by atoms with E-state index in [4.69, 9.17) is 10.6 Å². The maximum atomic E-state index is 13.3. The molecule has 0 saturated heterocycles. The molecule has 6 nitrogen and oxygen atoms in total. The lowest BCUT2D eigenvalue weighted by Crippen LogP contribution is -2.32. The summed E-state index contributed by atoms with van der Waals surface area (Å²) in [5.74, 6) is 5.98. The molecule has 1 aromatic carbocycles. The Labute approximate surface area is 149 Å². The topological polar surface area (TPSA) is 82.2 Å². The maximum absolute atomic E-state index is 13.3. The van der Waals surface area contributed by atoms with Crippen molar-refractivity contribution in [3.8, 4) is 5.69 Å². The number of nitrogens with two attached hydrogens (primary N) is 1. The highest BCUT2D eigenvalue weighted by Gasteiger charge is 2.31. The van der Waals surface area contributed by atoms with Gasteiger partial charge < -0.3 is 4.74 Å². The van der Waals surface area contributed by atoms with Crippen LogP contribution in [0.3, 0.4) is 0 Å². The van der Waals surface area contributed by atoms with Crippen LogP contribution in [0.4, 0.5) is 5.95 Å². The molecule has 2 aromatic heterocycles. The number of nitrogens with zero attached hydrogens (tertiary/aromatic N) is 2. The van der Waals surface area contributed by atoms with Crippen LogP contribution in [0.1, 0.15) is 29.9 Å². The third kappa shape index (κ3) is 2.64. The third-order valence-electron chi connectivity index (χ3n) is 4.53. The van der Waals surface area contributed by atoms with Crippen molar-refractivity contribution in [3.05, 3.63) is 50.6 Å². The van der Waals surface area contributed by atoms with E-state index >= 15 is 0 Å². The molecule has 0 aliphatic carbocycles. The zero-order valence-electron chi connectivity index (χ0n) is 14.4. The molecule has 1 aliphatic rings. The van der Waals surface area contributed by atoms with Gasteiger partial charge in [-0.05, 0) is 38.5 Å². The lowest BCUT2D eigenvalue weighted by molar-refractivity contribution is -0.0379. The Morgan fingerprint density at radius 3 is 2.72 bits per heavy atom. The number of nitrogen functional groups attached to an aromatic ring is 1. The molecule has 3 heterocycles. The quantitative estimate of drug-likeness (QED) is 0.545. The van der Waals surface area contributed by atoms with Gasteiger partial charge in [-0.25, -0.2) is 15.4 Å². The number of aryl methyl sites for hydroxylation is 1. The van der Waals surface area contributed by atoms with Gasteiger partial charge in [-0.3, -0.25) is 10.2 Å². The van der Waals surface area contributed by atoms with Crippen LogP contribution in [0.25, 0.3) is 15.9 Å². The smallest absolute Gasteiger partial charge is 0.268 e. The Balaban J connectivity index is 2.02. The van der Waals surface area contributed by atoms with Crippen molar-refractivity contribution in [1.82, 2.24) is 9.55 Å². The second-order valence-electron chi connectivity index (χ2n) is 6.96. The zero-order valence-corrected chi connectivity index (χ0v) is 15.2. The minimum atomic E-state index is -0.285. The van der Waals surface area contributed by atoms with E-state index in [1.165, 1.54) is 15.9 Å². The second-order valence-corrected chi connectivity index (χ2v) is 8.05. The van der Waals surface area contributed by atoms with Crippen LogP contribution < -0.4 is 16.8 Å². The normalized spacial score (nSPS) is 16.0. The summed E-state index contributed by atoms with van der Waals surface area (Å²) in [6, 6.07) is 7.73. The second kappa shape index (κ2) is 5.66. The Hall–Kier alpha value is -2.22. The maximum Gasteiger partial charge on any atom is 0.268 e.